The number of para-hydroxylation sites is 1. The molecule has 0 unspecified atom stereocenters. The maximum Gasteiger partial charge on any atom is 0.227 e. The van der Waals surface area contributed by atoms with Crippen LogP contribution in [-0.4, -0.2) is 24.4 Å². The lowest BCUT2D eigenvalue weighted by atomic mass is 10.0. The number of hydrogen-bond acceptors (Lipinski definition) is 2. The fourth-order valence-electron chi connectivity index (χ4n) is 3.44. The lowest BCUT2D eigenvalue weighted by Crippen LogP contribution is -2.38. The first-order valence-electron chi connectivity index (χ1n) is 9.25. The maximum atomic E-state index is 12.6. The predicted octanol–water partition coefficient (Wildman–Crippen LogP) is 3.49. The highest BCUT2D eigenvalue weighted by atomic mass is 16.2. The molecular formula is C22H26N2O2. The number of carbonyl (C=O) groups is 2. The third-order valence-electron chi connectivity index (χ3n) is 5.00. The average molecular weight is 350 g/mol. The number of carbonyl (C=O) groups excluding carboxylic acids is 2. The summed E-state index contributed by atoms with van der Waals surface area (Å²) in [4.78, 5) is 26.7. The van der Waals surface area contributed by atoms with Gasteiger partial charge in [-0.2, -0.15) is 0 Å². The van der Waals surface area contributed by atoms with E-state index in [0.29, 0.717) is 6.54 Å². The molecule has 1 N–H and O–H groups in total. The molecule has 2 aromatic carbocycles. The van der Waals surface area contributed by atoms with Crippen molar-refractivity contribution in [3.8, 4) is 0 Å². The standard InChI is InChI=1S/C22H26N2O2/c1-16-8-6-7-11-20(16)24-15-19(14-21(24)25)22(26)23-17(2)12-13-18-9-4-3-5-10-18/h3-11,17,19H,12-15H2,1-2H3,(H,23,26)/t17-,19+/m1/s1. The number of aryl methyl sites for hydroxylation is 2. The molecule has 0 aromatic heterocycles. The Morgan fingerprint density at radius 1 is 1.15 bits per heavy atom. The van der Waals surface area contributed by atoms with Gasteiger partial charge in [0.05, 0.1) is 5.92 Å². The summed E-state index contributed by atoms with van der Waals surface area (Å²) < 4.78 is 0. The van der Waals surface area contributed by atoms with E-state index in [4.69, 9.17) is 0 Å². The van der Waals surface area contributed by atoms with Gasteiger partial charge in [-0.05, 0) is 43.9 Å². The van der Waals surface area contributed by atoms with Crippen molar-refractivity contribution in [2.75, 3.05) is 11.4 Å². The second-order valence-corrected chi connectivity index (χ2v) is 7.13. The van der Waals surface area contributed by atoms with Crippen molar-refractivity contribution in [3.63, 3.8) is 0 Å². The van der Waals surface area contributed by atoms with E-state index in [1.165, 1.54) is 5.56 Å². The van der Waals surface area contributed by atoms with Crippen LogP contribution in [-0.2, 0) is 16.0 Å². The Kier molecular flexibility index (Phi) is 5.71. The Morgan fingerprint density at radius 3 is 2.58 bits per heavy atom. The van der Waals surface area contributed by atoms with Crippen molar-refractivity contribution < 1.29 is 9.59 Å². The highest BCUT2D eigenvalue weighted by Gasteiger charge is 2.35. The first-order valence-corrected chi connectivity index (χ1v) is 9.25. The third kappa shape index (κ3) is 4.31. The molecule has 4 nitrogen and oxygen atoms in total. The quantitative estimate of drug-likeness (QED) is 0.867. The van der Waals surface area contributed by atoms with Gasteiger partial charge in [0, 0.05) is 24.7 Å². The van der Waals surface area contributed by atoms with Crippen LogP contribution in [0.15, 0.2) is 54.6 Å². The van der Waals surface area contributed by atoms with Crippen LogP contribution in [0.3, 0.4) is 0 Å². The minimum Gasteiger partial charge on any atom is -0.353 e. The van der Waals surface area contributed by atoms with E-state index in [1.54, 1.807) is 4.90 Å². The van der Waals surface area contributed by atoms with Crippen LogP contribution in [0.25, 0.3) is 0 Å². The van der Waals surface area contributed by atoms with E-state index in [1.807, 2.05) is 56.3 Å². The number of nitrogens with one attached hydrogen (secondary N) is 1. The van der Waals surface area contributed by atoms with Crippen molar-refractivity contribution >= 4 is 17.5 Å². The van der Waals surface area contributed by atoms with Crippen molar-refractivity contribution in [2.24, 2.45) is 5.92 Å². The number of nitrogens with zero attached hydrogens (tertiary/aromatic N) is 1. The molecule has 1 fully saturated rings. The Balaban J connectivity index is 1.54. The van der Waals surface area contributed by atoms with Crippen LogP contribution in [0.1, 0.15) is 30.9 Å². The molecule has 2 aromatic rings. The van der Waals surface area contributed by atoms with Gasteiger partial charge >= 0.3 is 0 Å². The van der Waals surface area contributed by atoms with E-state index in [0.717, 1.165) is 24.1 Å². The SMILES string of the molecule is Cc1ccccc1N1C[C@@H](C(=O)N[C@H](C)CCc2ccccc2)CC1=O. The number of amides is 2. The zero-order valence-electron chi connectivity index (χ0n) is 15.4. The molecule has 1 heterocycles. The summed E-state index contributed by atoms with van der Waals surface area (Å²) in [5, 5.41) is 3.08. The molecular weight excluding hydrogens is 324 g/mol. The van der Waals surface area contributed by atoms with Gasteiger partial charge in [0.2, 0.25) is 11.8 Å². The van der Waals surface area contributed by atoms with Gasteiger partial charge in [-0.3, -0.25) is 9.59 Å². The average Bonchev–Trinajstić information content (AvgIpc) is 3.03. The van der Waals surface area contributed by atoms with Gasteiger partial charge < -0.3 is 10.2 Å². The molecule has 0 bridgehead atoms. The molecule has 2 atom stereocenters. The molecule has 136 valence electrons. The fraction of sp³-hybridized carbons (Fsp3) is 0.364. The molecule has 4 heteroatoms. The number of rotatable bonds is 6. The van der Waals surface area contributed by atoms with E-state index < -0.39 is 0 Å². The first-order chi connectivity index (χ1) is 12.5. The second kappa shape index (κ2) is 8.17. The maximum absolute atomic E-state index is 12.6. The molecule has 0 saturated carbocycles. The van der Waals surface area contributed by atoms with E-state index in [-0.39, 0.29) is 30.2 Å². The van der Waals surface area contributed by atoms with Crippen LogP contribution in [0.5, 0.6) is 0 Å². The van der Waals surface area contributed by atoms with Crippen molar-refractivity contribution in [2.45, 2.75) is 39.2 Å². The second-order valence-electron chi connectivity index (χ2n) is 7.13. The fourth-order valence-corrected chi connectivity index (χ4v) is 3.44. The normalized spacial score (nSPS) is 18.0. The summed E-state index contributed by atoms with van der Waals surface area (Å²) in [5.74, 6) is -0.271. The van der Waals surface area contributed by atoms with Crippen LogP contribution >= 0.6 is 0 Å². The molecule has 1 aliphatic rings. The number of benzene rings is 2. The largest absolute Gasteiger partial charge is 0.353 e. The Morgan fingerprint density at radius 2 is 1.85 bits per heavy atom. The van der Waals surface area contributed by atoms with Crippen LogP contribution in [0.2, 0.25) is 0 Å². The van der Waals surface area contributed by atoms with Crippen molar-refractivity contribution in [1.82, 2.24) is 5.32 Å². The lowest BCUT2D eigenvalue weighted by molar-refractivity contribution is -0.126. The molecule has 0 spiro atoms. The summed E-state index contributed by atoms with van der Waals surface area (Å²) >= 11 is 0. The lowest BCUT2D eigenvalue weighted by Gasteiger charge is -2.20. The van der Waals surface area contributed by atoms with Gasteiger partial charge in [-0.25, -0.2) is 0 Å². The molecule has 0 aliphatic carbocycles. The van der Waals surface area contributed by atoms with Crippen molar-refractivity contribution in [1.29, 1.82) is 0 Å². The van der Waals surface area contributed by atoms with Crippen molar-refractivity contribution in [3.05, 3.63) is 65.7 Å². The summed E-state index contributed by atoms with van der Waals surface area (Å²) in [6.45, 7) is 4.47. The molecule has 1 saturated heterocycles. The first kappa shape index (κ1) is 18.2. The van der Waals surface area contributed by atoms with E-state index in [9.17, 15) is 9.59 Å². The van der Waals surface area contributed by atoms with Crippen LogP contribution < -0.4 is 10.2 Å². The van der Waals surface area contributed by atoms with Gasteiger partial charge in [0.15, 0.2) is 0 Å². The Bertz CT molecular complexity index is 773. The van der Waals surface area contributed by atoms with Gasteiger partial charge in [0.1, 0.15) is 0 Å². The highest BCUT2D eigenvalue weighted by Crippen LogP contribution is 2.27. The van der Waals surface area contributed by atoms with E-state index in [2.05, 4.69) is 17.4 Å². The zero-order valence-corrected chi connectivity index (χ0v) is 15.4. The summed E-state index contributed by atoms with van der Waals surface area (Å²) in [7, 11) is 0. The van der Waals surface area contributed by atoms with Gasteiger partial charge in [-0.1, -0.05) is 48.5 Å². The van der Waals surface area contributed by atoms with E-state index >= 15 is 0 Å². The van der Waals surface area contributed by atoms with Crippen LogP contribution in [0, 0.1) is 12.8 Å². The number of hydrogen-bond donors (Lipinski definition) is 1. The zero-order chi connectivity index (χ0) is 18.5. The van der Waals surface area contributed by atoms with Gasteiger partial charge in [0.25, 0.3) is 0 Å². The minimum absolute atomic E-state index is 0.0185. The summed E-state index contributed by atoms with van der Waals surface area (Å²) in [6, 6.07) is 18.2. The predicted molar refractivity (Wildman–Crippen MR) is 104 cm³/mol. The molecule has 3 rings (SSSR count). The molecule has 0 radical (unpaired) electrons. The topological polar surface area (TPSA) is 49.4 Å². The Hall–Kier alpha value is -2.62. The monoisotopic (exact) mass is 350 g/mol. The Labute approximate surface area is 155 Å². The number of anilines is 1. The highest BCUT2D eigenvalue weighted by molar-refractivity contribution is 6.00. The third-order valence-corrected chi connectivity index (χ3v) is 5.00. The smallest absolute Gasteiger partial charge is 0.227 e. The van der Waals surface area contributed by atoms with Crippen LogP contribution in [0.4, 0.5) is 5.69 Å². The molecule has 2 amide bonds. The summed E-state index contributed by atoms with van der Waals surface area (Å²) in [5.41, 5.74) is 3.23. The van der Waals surface area contributed by atoms with Gasteiger partial charge in [-0.15, -0.1) is 0 Å². The molecule has 1 aliphatic heterocycles. The molecule has 26 heavy (non-hydrogen) atoms. The minimum atomic E-state index is -0.277. The summed E-state index contributed by atoms with van der Waals surface area (Å²) in [6.07, 6.45) is 2.10.